The van der Waals surface area contributed by atoms with Crippen LogP contribution in [0.25, 0.3) is 0 Å². The zero-order valence-electron chi connectivity index (χ0n) is 11.2. The number of hydrogen-bond donors (Lipinski definition) is 1. The number of carboxylic acids is 1. The van der Waals surface area contributed by atoms with Crippen LogP contribution < -0.4 is 0 Å². The number of rotatable bonds is 6. The summed E-state index contributed by atoms with van der Waals surface area (Å²) in [6.45, 7) is 5.21. The number of carbonyl (C=O) groups is 1. The van der Waals surface area contributed by atoms with Gasteiger partial charge in [0, 0.05) is 19.7 Å². The van der Waals surface area contributed by atoms with Crippen LogP contribution in [-0.2, 0) is 9.53 Å². The van der Waals surface area contributed by atoms with Gasteiger partial charge in [0.25, 0.3) is 0 Å². The number of ether oxygens (including phenoxy) is 1. The van der Waals surface area contributed by atoms with Crippen LogP contribution >= 0.6 is 0 Å². The lowest BCUT2D eigenvalue weighted by atomic mass is 9.90. The molecule has 1 aliphatic carbocycles. The molecule has 0 saturated heterocycles. The third-order valence-corrected chi connectivity index (χ3v) is 3.38. The fourth-order valence-corrected chi connectivity index (χ4v) is 2.73. The summed E-state index contributed by atoms with van der Waals surface area (Å²) in [5.74, 6) is -0.264. The fourth-order valence-electron chi connectivity index (χ4n) is 2.73. The average molecular weight is 243 g/mol. The van der Waals surface area contributed by atoms with Crippen LogP contribution in [0.3, 0.4) is 0 Å². The summed E-state index contributed by atoms with van der Waals surface area (Å²) in [5.41, 5.74) is 0. The standard InChI is InChI=1S/C13H25NO3/c1-10(2)8-14(9-13(15)16)11-6-4-5-7-12(11)17-3/h10-12H,4-9H2,1-3H3,(H,15,16). The van der Waals surface area contributed by atoms with Gasteiger partial charge in [0.2, 0.25) is 0 Å². The van der Waals surface area contributed by atoms with E-state index in [0.29, 0.717) is 5.92 Å². The monoisotopic (exact) mass is 243 g/mol. The summed E-state index contributed by atoms with van der Waals surface area (Å²) >= 11 is 0. The first-order valence-electron chi connectivity index (χ1n) is 6.53. The molecule has 2 unspecified atom stereocenters. The Labute approximate surface area is 104 Å². The van der Waals surface area contributed by atoms with E-state index in [2.05, 4.69) is 18.7 Å². The average Bonchev–Trinajstić information content (AvgIpc) is 2.27. The topological polar surface area (TPSA) is 49.8 Å². The lowest BCUT2D eigenvalue weighted by molar-refractivity contribution is -0.140. The van der Waals surface area contributed by atoms with Crippen molar-refractivity contribution in [2.45, 2.75) is 51.7 Å². The predicted molar refractivity (Wildman–Crippen MR) is 67.1 cm³/mol. The Hall–Kier alpha value is -0.610. The number of nitrogens with zero attached hydrogens (tertiary/aromatic N) is 1. The summed E-state index contributed by atoms with van der Waals surface area (Å²) in [7, 11) is 1.73. The molecule has 4 heteroatoms. The van der Waals surface area contributed by atoms with E-state index in [1.165, 1.54) is 12.8 Å². The molecule has 0 radical (unpaired) electrons. The second-order valence-electron chi connectivity index (χ2n) is 5.34. The SMILES string of the molecule is COC1CCCCC1N(CC(=O)O)CC(C)C. The van der Waals surface area contributed by atoms with Crippen LogP contribution in [0, 0.1) is 5.92 Å². The van der Waals surface area contributed by atoms with Crippen molar-refractivity contribution < 1.29 is 14.6 Å². The molecule has 0 aromatic rings. The third-order valence-electron chi connectivity index (χ3n) is 3.38. The summed E-state index contributed by atoms with van der Waals surface area (Å²) in [6.07, 6.45) is 4.67. The molecule has 0 amide bonds. The molecule has 1 aliphatic rings. The van der Waals surface area contributed by atoms with E-state index in [4.69, 9.17) is 9.84 Å². The van der Waals surface area contributed by atoms with Crippen molar-refractivity contribution in [3.05, 3.63) is 0 Å². The van der Waals surface area contributed by atoms with Gasteiger partial charge in [-0.15, -0.1) is 0 Å². The van der Waals surface area contributed by atoms with Gasteiger partial charge in [-0.3, -0.25) is 9.69 Å². The van der Waals surface area contributed by atoms with E-state index in [9.17, 15) is 4.79 Å². The van der Waals surface area contributed by atoms with E-state index in [1.807, 2.05) is 0 Å². The van der Waals surface area contributed by atoms with Crippen LogP contribution in [0.15, 0.2) is 0 Å². The maximum Gasteiger partial charge on any atom is 0.317 e. The number of methoxy groups -OCH3 is 1. The third kappa shape index (κ3) is 4.64. The van der Waals surface area contributed by atoms with Gasteiger partial charge in [0.1, 0.15) is 0 Å². The zero-order valence-corrected chi connectivity index (χ0v) is 11.2. The molecule has 0 aromatic carbocycles. The first kappa shape index (κ1) is 14.5. The minimum Gasteiger partial charge on any atom is -0.480 e. The Morgan fingerprint density at radius 1 is 1.41 bits per heavy atom. The van der Waals surface area contributed by atoms with Crippen LogP contribution in [0.1, 0.15) is 39.5 Å². The van der Waals surface area contributed by atoms with Gasteiger partial charge in [-0.05, 0) is 18.8 Å². The molecule has 1 rings (SSSR count). The predicted octanol–water partition coefficient (Wildman–Crippen LogP) is 1.99. The maximum atomic E-state index is 10.9. The molecule has 0 bridgehead atoms. The normalized spacial score (nSPS) is 25.5. The Kier molecular flexibility index (Phi) is 5.92. The Morgan fingerprint density at radius 2 is 2.06 bits per heavy atom. The molecular weight excluding hydrogens is 218 g/mol. The molecule has 0 aromatic heterocycles. The lowest BCUT2D eigenvalue weighted by Gasteiger charge is -2.39. The van der Waals surface area contributed by atoms with Crippen molar-refractivity contribution >= 4 is 5.97 Å². The first-order valence-corrected chi connectivity index (χ1v) is 6.53. The second kappa shape index (κ2) is 6.97. The molecule has 0 spiro atoms. The van der Waals surface area contributed by atoms with Gasteiger partial charge in [-0.25, -0.2) is 0 Å². The van der Waals surface area contributed by atoms with Crippen molar-refractivity contribution in [2.75, 3.05) is 20.2 Å². The molecule has 1 saturated carbocycles. The van der Waals surface area contributed by atoms with Crippen molar-refractivity contribution in [3.8, 4) is 0 Å². The summed E-state index contributed by atoms with van der Waals surface area (Å²) < 4.78 is 5.51. The van der Waals surface area contributed by atoms with Crippen molar-refractivity contribution in [1.29, 1.82) is 0 Å². The molecule has 0 heterocycles. The van der Waals surface area contributed by atoms with Gasteiger partial charge in [-0.2, -0.15) is 0 Å². The molecule has 0 aliphatic heterocycles. The zero-order chi connectivity index (χ0) is 12.8. The largest absolute Gasteiger partial charge is 0.480 e. The minimum atomic E-state index is -0.744. The highest BCUT2D eigenvalue weighted by molar-refractivity contribution is 5.69. The van der Waals surface area contributed by atoms with Crippen LogP contribution in [0.4, 0.5) is 0 Å². The molecule has 1 fully saturated rings. The number of carboxylic acid groups (broad SMARTS) is 1. The molecule has 2 atom stereocenters. The highest BCUT2D eigenvalue weighted by Crippen LogP contribution is 2.25. The number of aliphatic carboxylic acids is 1. The molecule has 100 valence electrons. The Morgan fingerprint density at radius 3 is 2.59 bits per heavy atom. The maximum absolute atomic E-state index is 10.9. The lowest BCUT2D eigenvalue weighted by Crippen LogP contribution is -2.49. The van der Waals surface area contributed by atoms with E-state index >= 15 is 0 Å². The van der Waals surface area contributed by atoms with Crippen LogP contribution in [0.2, 0.25) is 0 Å². The molecule has 4 nitrogen and oxygen atoms in total. The van der Waals surface area contributed by atoms with Gasteiger partial charge in [0.05, 0.1) is 12.6 Å². The smallest absolute Gasteiger partial charge is 0.317 e. The Balaban J connectivity index is 2.67. The fraction of sp³-hybridized carbons (Fsp3) is 0.923. The highest BCUT2D eigenvalue weighted by atomic mass is 16.5. The van der Waals surface area contributed by atoms with Crippen molar-refractivity contribution in [2.24, 2.45) is 5.92 Å². The molecule has 1 N–H and O–H groups in total. The number of hydrogen-bond acceptors (Lipinski definition) is 3. The van der Waals surface area contributed by atoms with Crippen molar-refractivity contribution in [1.82, 2.24) is 4.90 Å². The second-order valence-corrected chi connectivity index (χ2v) is 5.34. The van der Waals surface area contributed by atoms with E-state index in [0.717, 1.165) is 19.4 Å². The quantitative estimate of drug-likeness (QED) is 0.775. The van der Waals surface area contributed by atoms with Crippen molar-refractivity contribution in [3.63, 3.8) is 0 Å². The van der Waals surface area contributed by atoms with E-state index < -0.39 is 5.97 Å². The van der Waals surface area contributed by atoms with E-state index in [1.54, 1.807) is 7.11 Å². The summed E-state index contributed by atoms with van der Waals surface area (Å²) in [5, 5.41) is 9.00. The Bertz CT molecular complexity index is 243. The minimum absolute atomic E-state index is 0.128. The first-order chi connectivity index (χ1) is 8.04. The van der Waals surface area contributed by atoms with Crippen LogP contribution in [0.5, 0.6) is 0 Å². The van der Waals surface area contributed by atoms with Gasteiger partial charge < -0.3 is 9.84 Å². The van der Waals surface area contributed by atoms with Gasteiger partial charge in [0.15, 0.2) is 0 Å². The van der Waals surface area contributed by atoms with Crippen LogP contribution in [-0.4, -0.2) is 48.3 Å². The van der Waals surface area contributed by atoms with E-state index in [-0.39, 0.29) is 18.7 Å². The van der Waals surface area contributed by atoms with Gasteiger partial charge >= 0.3 is 5.97 Å². The summed E-state index contributed by atoms with van der Waals surface area (Å²) in [6, 6.07) is 0.271. The summed E-state index contributed by atoms with van der Waals surface area (Å²) in [4.78, 5) is 13.0. The van der Waals surface area contributed by atoms with Gasteiger partial charge in [-0.1, -0.05) is 26.7 Å². The molecular formula is C13H25NO3. The highest BCUT2D eigenvalue weighted by Gasteiger charge is 2.31. The molecule has 17 heavy (non-hydrogen) atoms.